The Morgan fingerprint density at radius 1 is 1.32 bits per heavy atom. The standard InChI is InChI=1S/C14H18Cl2N2O/c1-13(2)8-4-5-14(13,3)10(6-8)19-11-9(15)7-17-12(16)18-11/h7-8,10H,4-6H2,1-3H3. The van der Waals surface area contributed by atoms with Crippen molar-refractivity contribution >= 4 is 23.2 Å². The van der Waals surface area contributed by atoms with Crippen LogP contribution in [0.15, 0.2) is 6.20 Å². The maximum atomic E-state index is 6.09. The monoisotopic (exact) mass is 300 g/mol. The second-order valence-electron chi connectivity index (χ2n) is 6.51. The molecule has 0 radical (unpaired) electrons. The lowest BCUT2D eigenvalue weighted by Crippen LogP contribution is -2.39. The van der Waals surface area contributed by atoms with E-state index in [1.807, 2.05) is 0 Å². The molecule has 0 aliphatic heterocycles. The molecule has 1 aromatic heterocycles. The fourth-order valence-corrected chi connectivity index (χ4v) is 4.12. The van der Waals surface area contributed by atoms with Crippen molar-refractivity contribution in [1.82, 2.24) is 9.97 Å². The lowest BCUT2D eigenvalue weighted by Gasteiger charge is -2.38. The Kier molecular flexibility index (Phi) is 2.99. The SMILES string of the molecule is CC1(C)C2CCC1(C)C(Oc1nc(Cl)ncc1Cl)C2. The van der Waals surface area contributed by atoms with E-state index in [9.17, 15) is 0 Å². The van der Waals surface area contributed by atoms with E-state index in [1.54, 1.807) is 0 Å². The van der Waals surface area contributed by atoms with Crippen LogP contribution in [0.2, 0.25) is 10.3 Å². The molecule has 2 aliphatic carbocycles. The van der Waals surface area contributed by atoms with Crippen LogP contribution in [0.5, 0.6) is 5.88 Å². The first-order valence-corrected chi connectivity index (χ1v) is 7.45. The van der Waals surface area contributed by atoms with E-state index in [1.165, 1.54) is 19.0 Å². The lowest BCUT2D eigenvalue weighted by atomic mass is 9.70. The number of hydrogen-bond donors (Lipinski definition) is 0. The largest absolute Gasteiger partial charge is 0.473 e. The number of rotatable bonds is 2. The molecule has 2 aliphatic rings. The van der Waals surface area contributed by atoms with E-state index in [-0.39, 0.29) is 16.8 Å². The summed E-state index contributed by atoms with van der Waals surface area (Å²) in [7, 11) is 0. The molecule has 0 N–H and O–H groups in total. The van der Waals surface area contributed by atoms with Crippen molar-refractivity contribution in [3.63, 3.8) is 0 Å². The number of ether oxygens (including phenoxy) is 1. The minimum Gasteiger partial charge on any atom is -0.473 e. The molecule has 104 valence electrons. The van der Waals surface area contributed by atoms with Gasteiger partial charge in [0.05, 0.1) is 6.20 Å². The fraction of sp³-hybridized carbons (Fsp3) is 0.714. The smallest absolute Gasteiger partial charge is 0.237 e. The summed E-state index contributed by atoms with van der Waals surface area (Å²) in [4.78, 5) is 7.95. The second kappa shape index (κ2) is 4.23. The Bertz CT molecular complexity index is 520. The Morgan fingerprint density at radius 2 is 2.05 bits per heavy atom. The third-order valence-electron chi connectivity index (χ3n) is 5.65. The molecule has 3 rings (SSSR count). The van der Waals surface area contributed by atoms with Crippen molar-refractivity contribution in [1.29, 1.82) is 0 Å². The highest BCUT2D eigenvalue weighted by Crippen LogP contribution is 2.66. The van der Waals surface area contributed by atoms with Gasteiger partial charge in [0.15, 0.2) is 0 Å². The Balaban J connectivity index is 1.88. The molecule has 0 aromatic carbocycles. The Labute approximate surface area is 123 Å². The van der Waals surface area contributed by atoms with Crippen LogP contribution < -0.4 is 4.74 Å². The van der Waals surface area contributed by atoms with E-state index in [0.29, 0.717) is 16.3 Å². The number of halogens is 2. The number of hydrogen-bond acceptors (Lipinski definition) is 3. The number of fused-ring (bicyclic) bond motifs is 2. The molecule has 0 saturated heterocycles. The molecule has 1 heterocycles. The highest BCUT2D eigenvalue weighted by atomic mass is 35.5. The van der Waals surface area contributed by atoms with E-state index in [0.717, 1.165) is 12.3 Å². The van der Waals surface area contributed by atoms with Gasteiger partial charge in [-0.05, 0) is 42.2 Å². The van der Waals surface area contributed by atoms with Crippen molar-refractivity contribution in [2.75, 3.05) is 0 Å². The van der Waals surface area contributed by atoms with Crippen molar-refractivity contribution < 1.29 is 4.74 Å². The third-order valence-corrected chi connectivity index (χ3v) is 6.09. The van der Waals surface area contributed by atoms with E-state index >= 15 is 0 Å². The number of aromatic nitrogens is 2. The highest BCUT2D eigenvalue weighted by Gasteiger charge is 2.62. The zero-order chi connectivity index (χ0) is 13.8. The average molecular weight is 301 g/mol. The Hall–Kier alpha value is -0.540. The average Bonchev–Trinajstić information content (AvgIpc) is 2.67. The quantitative estimate of drug-likeness (QED) is 0.760. The van der Waals surface area contributed by atoms with Crippen molar-refractivity contribution in [2.45, 2.75) is 46.1 Å². The first-order valence-electron chi connectivity index (χ1n) is 6.69. The summed E-state index contributed by atoms with van der Waals surface area (Å²) in [6, 6.07) is 0. The number of nitrogens with zero attached hydrogens (tertiary/aromatic N) is 2. The molecule has 3 unspecified atom stereocenters. The first kappa shape index (κ1) is 13.4. The van der Waals surface area contributed by atoms with Gasteiger partial charge in [-0.2, -0.15) is 4.98 Å². The maximum absolute atomic E-state index is 6.09. The van der Waals surface area contributed by atoms with Crippen LogP contribution in [0.4, 0.5) is 0 Å². The topological polar surface area (TPSA) is 35.0 Å². The summed E-state index contributed by atoms with van der Waals surface area (Å²) in [5.41, 5.74) is 0.486. The van der Waals surface area contributed by atoms with Crippen LogP contribution in [-0.4, -0.2) is 16.1 Å². The predicted molar refractivity (Wildman–Crippen MR) is 75.7 cm³/mol. The molecule has 2 fully saturated rings. The van der Waals surface area contributed by atoms with Crippen LogP contribution in [-0.2, 0) is 0 Å². The molecule has 2 saturated carbocycles. The van der Waals surface area contributed by atoms with Crippen LogP contribution in [0.1, 0.15) is 40.0 Å². The van der Waals surface area contributed by atoms with E-state index in [2.05, 4.69) is 30.7 Å². The zero-order valence-electron chi connectivity index (χ0n) is 11.4. The summed E-state index contributed by atoms with van der Waals surface area (Å²) in [5.74, 6) is 1.13. The molecule has 3 atom stereocenters. The molecule has 1 aromatic rings. The van der Waals surface area contributed by atoms with Crippen molar-refractivity contribution in [2.24, 2.45) is 16.7 Å². The van der Waals surface area contributed by atoms with Crippen LogP contribution in [0, 0.1) is 16.7 Å². The van der Waals surface area contributed by atoms with E-state index in [4.69, 9.17) is 27.9 Å². The normalized spacial score (nSPS) is 35.6. The molecule has 0 amide bonds. The van der Waals surface area contributed by atoms with Gasteiger partial charge in [-0.25, -0.2) is 4.98 Å². The summed E-state index contributed by atoms with van der Waals surface area (Å²) < 4.78 is 6.09. The van der Waals surface area contributed by atoms with E-state index < -0.39 is 0 Å². The second-order valence-corrected chi connectivity index (χ2v) is 7.25. The van der Waals surface area contributed by atoms with Gasteiger partial charge < -0.3 is 4.74 Å². The molecule has 3 nitrogen and oxygen atoms in total. The van der Waals surface area contributed by atoms with Crippen LogP contribution in [0.25, 0.3) is 0 Å². The van der Waals surface area contributed by atoms with Crippen LogP contribution in [0.3, 0.4) is 0 Å². The highest BCUT2D eigenvalue weighted by molar-refractivity contribution is 6.32. The minimum absolute atomic E-state index is 0.157. The summed E-state index contributed by atoms with van der Waals surface area (Å²) in [6.45, 7) is 7.02. The van der Waals surface area contributed by atoms with Gasteiger partial charge in [0.2, 0.25) is 11.2 Å². The third kappa shape index (κ3) is 1.85. The molecule has 2 bridgehead atoms. The Morgan fingerprint density at radius 3 is 2.63 bits per heavy atom. The van der Waals surface area contributed by atoms with Gasteiger partial charge in [0.1, 0.15) is 11.1 Å². The molecular formula is C14H18Cl2N2O. The lowest BCUT2D eigenvalue weighted by molar-refractivity contribution is 0.0273. The maximum Gasteiger partial charge on any atom is 0.237 e. The van der Waals surface area contributed by atoms with Crippen molar-refractivity contribution in [3.8, 4) is 5.88 Å². The van der Waals surface area contributed by atoms with Crippen molar-refractivity contribution in [3.05, 3.63) is 16.5 Å². The van der Waals surface area contributed by atoms with Gasteiger partial charge in [0.25, 0.3) is 0 Å². The summed E-state index contributed by atoms with van der Waals surface area (Å²) >= 11 is 11.9. The predicted octanol–water partition coefficient (Wildman–Crippen LogP) is 4.38. The van der Waals surface area contributed by atoms with Gasteiger partial charge >= 0.3 is 0 Å². The molecular weight excluding hydrogens is 283 g/mol. The summed E-state index contributed by atoms with van der Waals surface area (Å²) in [6.07, 6.45) is 5.21. The molecule has 5 heteroatoms. The zero-order valence-corrected chi connectivity index (χ0v) is 12.9. The van der Waals surface area contributed by atoms with Gasteiger partial charge in [-0.15, -0.1) is 0 Å². The minimum atomic E-state index is 0.157. The molecule has 0 spiro atoms. The summed E-state index contributed by atoms with van der Waals surface area (Å²) in [5, 5.41) is 0.598. The fourth-order valence-electron chi connectivity index (χ4n) is 3.86. The van der Waals surface area contributed by atoms with Gasteiger partial charge in [-0.3, -0.25) is 0 Å². The van der Waals surface area contributed by atoms with Crippen LogP contribution >= 0.6 is 23.2 Å². The van der Waals surface area contributed by atoms with Gasteiger partial charge in [0, 0.05) is 5.41 Å². The first-order chi connectivity index (χ1) is 8.84. The molecule has 19 heavy (non-hydrogen) atoms. The van der Waals surface area contributed by atoms with Gasteiger partial charge in [-0.1, -0.05) is 32.4 Å².